The zero-order valence-electron chi connectivity index (χ0n) is 6.82. The third-order valence-corrected chi connectivity index (χ3v) is 1.97. The second-order valence-electron chi connectivity index (χ2n) is 3.13. The van der Waals surface area contributed by atoms with E-state index in [0.29, 0.717) is 6.04 Å². The van der Waals surface area contributed by atoms with E-state index in [1.54, 1.807) is 4.68 Å². The maximum atomic E-state index is 10.9. The summed E-state index contributed by atoms with van der Waals surface area (Å²) in [7, 11) is 0. The predicted octanol–water partition coefficient (Wildman–Crippen LogP) is 1.13. The molecular formula is C8H10N2O2. The van der Waals surface area contributed by atoms with Crippen molar-refractivity contribution in [3.63, 3.8) is 0 Å². The Kier molecular flexibility index (Phi) is 1.43. The quantitative estimate of drug-likeness (QED) is 0.670. The third-order valence-electron chi connectivity index (χ3n) is 1.97. The molecule has 0 saturated heterocycles. The van der Waals surface area contributed by atoms with Gasteiger partial charge >= 0.3 is 0 Å². The van der Waals surface area contributed by atoms with Crippen molar-refractivity contribution in [3.05, 3.63) is 11.9 Å². The van der Waals surface area contributed by atoms with Gasteiger partial charge in [0.05, 0.1) is 12.2 Å². The number of Topliss-reactive ketones (excluding diaryl/α,β-unsaturated/α-hetero) is 1. The Hall–Kier alpha value is -1.32. The molecule has 0 aromatic carbocycles. The summed E-state index contributed by atoms with van der Waals surface area (Å²) in [6, 6.07) is 0.406. The first kappa shape index (κ1) is 7.34. The second kappa shape index (κ2) is 2.33. The Morgan fingerprint density at radius 2 is 2.42 bits per heavy atom. The van der Waals surface area contributed by atoms with E-state index in [9.17, 15) is 9.90 Å². The van der Waals surface area contributed by atoms with Gasteiger partial charge in [0.2, 0.25) is 0 Å². The van der Waals surface area contributed by atoms with Crippen LogP contribution in [-0.2, 0) is 0 Å². The monoisotopic (exact) mass is 166 g/mol. The Labute approximate surface area is 69.8 Å². The van der Waals surface area contributed by atoms with Crippen molar-refractivity contribution in [1.82, 2.24) is 9.78 Å². The highest BCUT2D eigenvalue weighted by atomic mass is 16.3. The minimum Gasteiger partial charge on any atom is -0.504 e. The number of ketones is 1. The number of hydrogen-bond donors (Lipinski definition) is 1. The average Bonchev–Trinajstić information content (AvgIpc) is 2.75. The molecule has 1 fully saturated rings. The number of hydrogen-bond acceptors (Lipinski definition) is 3. The highest BCUT2D eigenvalue weighted by molar-refractivity contribution is 5.94. The average molecular weight is 166 g/mol. The van der Waals surface area contributed by atoms with Crippen molar-refractivity contribution < 1.29 is 9.90 Å². The molecule has 0 aliphatic heterocycles. The van der Waals surface area contributed by atoms with Gasteiger partial charge in [0.15, 0.2) is 17.2 Å². The van der Waals surface area contributed by atoms with Gasteiger partial charge in [0, 0.05) is 6.92 Å². The summed E-state index contributed by atoms with van der Waals surface area (Å²) in [5.74, 6) is -0.193. The standard InChI is InChI=1S/C8H10N2O2/c1-5(11)8-7(12)4-10(9-8)6-2-3-6/h4,6,12H,2-3H2,1H3. The summed E-state index contributed by atoms with van der Waals surface area (Å²) in [6.45, 7) is 1.40. The fraction of sp³-hybridized carbons (Fsp3) is 0.500. The minimum absolute atomic E-state index is 0.00519. The molecule has 0 amide bonds. The highest BCUT2D eigenvalue weighted by Crippen LogP contribution is 2.35. The van der Waals surface area contributed by atoms with Crippen LogP contribution >= 0.6 is 0 Å². The second-order valence-corrected chi connectivity index (χ2v) is 3.13. The number of nitrogens with zero attached hydrogens (tertiary/aromatic N) is 2. The SMILES string of the molecule is CC(=O)c1nn(C2CC2)cc1O. The maximum Gasteiger partial charge on any atom is 0.183 e. The van der Waals surface area contributed by atoms with Crippen LogP contribution in [0.4, 0.5) is 0 Å². The van der Waals surface area contributed by atoms with Gasteiger partial charge in [-0.3, -0.25) is 9.48 Å². The van der Waals surface area contributed by atoms with Crippen LogP contribution in [0.25, 0.3) is 0 Å². The van der Waals surface area contributed by atoms with Gasteiger partial charge in [0.25, 0.3) is 0 Å². The van der Waals surface area contributed by atoms with Crippen molar-refractivity contribution in [2.75, 3.05) is 0 Å². The highest BCUT2D eigenvalue weighted by Gasteiger charge is 2.26. The van der Waals surface area contributed by atoms with Crippen molar-refractivity contribution in [2.45, 2.75) is 25.8 Å². The minimum atomic E-state index is -0.188. The first-order valence-corrected chi connectivity index (χ1v) is 3.97. The molecule has 1 aliphatic carbocycles. The number of aromatic nitrogens is 2. The van der Waals surface area contributed by atoms with Crippen molar-refractivity contribution in [2.24, 2.45) is 0 Å². The molecule has 1 heterocycles. The molecular weight excluding hydrogens is 156 g/mol. The molecule has 1 aliphatic rings. The summed E-state index contributed by atoms with van der Waals surface area (Å²) >= 11 is 0. The number of carbonyl (C=O) groups is 1. The van der Waals surface area contributed by atoms with E-state index < -0.39 is 0 Å². The number of carbonyl (C=O) groups excluding carboxylic acids is 1. The van der Waals surface area contributed by atoms with Gasteiger partial charge in [-0.15, -0.1) is 0 Å². The molecule has 1 aromatic rings. The van der Waals surface area contributed by atoms with Crippen LogP contribution in [0, 0.1) is 0 Å². The summed E-state index contributed by atoms with van der Waals surface area (Å²) < 4.78 is 1.67. The molecule has 4 nitrogen and oxygen atoms in total. The van der Waals surface area contributed by atoms with E-state index >= 15 is 0 Å². The molecule has 1 saturated carbocycles. The van der Waals surface area contributed by atoms with E-state index in [-0.39, 0.29) is 17.2 Å². The summed E-state index contributed by atoms with van der Waals surface area (Å²) in [4.78, 5) is 10.9. The summed E-state index contributed by atoms with van der Waals surface area (Å²) in [5.41, 5.74) is 0.182. The van der Waals surface area contributed by atoms with Crippen LogP contribution in [0.2, 0.25) is 0 Å². The van der Waals surface area contributed by atoms with Crippen molar-refractivity contribution in [1.29, 1.82) is 0 Å². The van der Waals surface area contributed by atoms with E-state index in [0.717, 1.165) is 12.8 Å². The number of rotatable bonds is 2. The van der Waals surface area contributed by atoms with Crippen LogP contribution in [0.1, 0.15) is 36.3 Å². The lowest BCUT2D eigenvalue weighted by molar-refractivity contribution is 0.101. The summed E-state index contributed by atoms with van der Waals surface area (Å²) in [6.07, 6.45) is 3.71. The third kappa shape index (κ3) is 1.09. The first-order chi connectivity index (χ1) is 5.68. The van der Waals surface area contributed by atoms with Crippen LogP contribution < -0.4 is 0 Å². The van der Waals surface area contributed by atoms with E-state index in [1.807, 2.05) is 0 Å². The molecule has 64 valence electrons. The zero-order valence-corrected chi connectivity index (χ0v) is 6.82. The van der Waals surface area contributed by atoms with Crippen LogP contribution in [0.3, 0.4) is 0 Å². The molecule has 0 bridgehead atoms. The Balaban J connectivity index is 2.36. The lowest BCUT2D eigenvalue weighted by atomic mass is 10.3. The van der Waals surface area contributed by atoms with Gasteiger partial charge in [-0.05, 0) is 12.8 Å². The van der Waals surface area contributed by atoms with Crippen LogP contribution in [0.5, 0.6) is 5.75 Å². The van der Waals surface area contributed by atoms with Gasteiger partial charge in [-0.1, -0.05) is 0 Å². The predicted molar refractivity (Wildman–Crippen MR) is 42.2 cm³/mol. The van der Waals surface area contributed by atoms with Crippen LogP contribution in [-0.4, -0.2) is 20.7 Å². The molecule has 1 aromatic heterocycles. The van der Waals surface area contributed by atoms with E-state index in [2.05, 4.69) is 5.10 Å². The molecule has 0 spiro atoms. The first-order valence-electron chi connectivity index (χ1n) is 3.97. The van der Waals surface area contributed by atoms with Gasteiger partial charge in [0.1, 0.15) is 0 Å². The zero-order chi connectivity index (χ0) is 8.72. The van der Waals surface area contributed by atoms with E-state index in [1.165, 1.54) is 13.1 Å². The van der Waals surface area contributed by atoms with E-state index in [4.69, 9.17) is 0 Å². The van der Waals surface area contributed by atoms with Crippen molar-refractivity contribution in [3.8, 4) is 5.75 Å². The lowest BCUT2D eigenvalue weighted by Crippen LogP contribution is -1.98. The Bertz CT molecular complexity index is 326. The normalized spacial score (nSPS) is 16.4. The van der Waals surface area contributed by atoms with Gasteiger partial charge in [-0.25, -0.2) is 0 Å². The molecule has 1 N–H and O–H groups in total. The molecule has 4 heteroatoms. The fourth-order valence-corrected chi connectivity index (χ4v) is 1.16. The smallest absolute Gasteiger partial charge is 0.183 e. The molecule has 0 unspecified atom stereocenters. The Morgan fingerprint density at radius 3 is 2.83 bits per heavy atom. The van der Waals surface area contributed by atoms with Crippen molar-refractivity contribution >= 4 is 5.78 Å². The van der Waals surface area contributed by atoms with Gasteiger partial charge < -0.3 is 5.11 Å². The maximum absolute atomic E-state index is 10.9. The van der Waals surface area contributed by atoms with Crippen LogP contribution in [0.15, 0.2) is 6.20 Å². The molecule has 0 radical (unpaired) electrons. The Morgan fingerprint density at radius 1 is 1.75 bits per heavy atom. The molecule has 12 heavy (non-hydrogen) atoms. The molecule has 0 atom stereocenters. The number of aromatic hydroxyl groups is 1. The molecule has 2 rings (SSSR count). The fourth-order valence-electron chi connectivity index (χ4n) is 1.16. The lowest BCUT2D eigenvalue weighted by Gasteiger charge is -1.92. The van der Waals surface area contributed by atoms with Gasteiger partial charge in [-0.2, -0.15) is 5.10 Å². The summed E-state index contributed by atoms with van der Waals surface area (Å²) in [5, 5.41) is 13.3. The topological polar surface area (TPSA) is 55.1 Å². The largest absolute Gasteiger partial charge is 0.504 e.